The quantitative estimate of drug-likeness (QED) is 0.797. The highest BCUT2D eigenvalue weighted by Gasteiger charge is 2.30. The van der Waals surface area contributed by atoms with E-state index in [0.717, 1.165) is 5.75 Å². The minimum absolute atomic E-state index is 0.549. The van der Waals surface area contributed by atoms with Gasteiger partial charge < -0.3 is 10.4 Å². The molecule has 0 aliphatic carbocycles. The molecule has 1 atom stereocenters. The van der Waals surface area contributed by atoms with E-state index in [1.807, 2.05) is 30.3 Å². The molecule has 0 saturated carbocycles. The second-order valence-electron chi connectivity index (χ2n) is 3.87. The summed E-state index contributed by atoms with van der Waals surface area (Å²) in [4.78, 5) is 11.0. The Kier molecular flexibility index (Phi) is 4.83. The molecular weight excluding hydrogens is 222 g/mol. The number of benzene rings is 1. The second-order valence-corrected chi connectivity index (χ2v) is 4.85. The Bertz CT molecular complexity index is 342. The molecule has 1 aromatic carbocycles. The maximum Gasteiger partial charge on any atom is 0.324 e. The summed E-state index contributed by atoms with van der Waals surface area (Å²) in [7, 11) is 1.68. The van der Waals surface area contributed by atoms with Crippen LogP contribution in [0.5, 0.6) is 0 Å². The fourth-order valence-electron chi connectivity index (χ4n) is 1.19. The standard InChI is InChI=1S/C12H17NO2S/c1-12(13-2,11(14)15)9-16-8-10-6-4-3-5-7-10/h3-7,13H,8-9H2,1-2H3,(H,14,15). The number of carboxylic acids is 1. The summed E-state index contributed by atoms with van der Waals surface area (Å²) < 4.78 is 0. The van der Waals surface area contributed by atoms with Crippen LogP contribution in [0.3, 0.4) is 0 Å². The average Bonchev–Trinajstić information content (AvgIpc) is 2.30. The molecule has 4 heteroatoms. The molecule has 2 N–H and O–H groups in total. The van der Waals surface area contributed by atoms with E-state index in [9.17, 15) is 4.79 Å². The molecule has 16 heavy (non-hydrogen) atoms. The van der Waals surface area contributed by atoms with Gasteiger partial charge in [0.25, 0.3) is 0 Å². The van der Waals surface area contributed by atoms with Gasteiger partial charge in [-0.2, -0.15) is 11.8 Å². The molecule has 0 aliphatic rings. The Labute approximate surface area is 100 Å². The van der Waals surface area contributed by atoms with Gasteiger partial charge in [-0.25, -0.2) is 0 Å². The van der Waals surface area contributed by atoms with E-state index in [-0.39, 0.29) is 0 Å². The Hall–Kier alpha value is -1.00. The number of rotatable bonds is 6. The van der Waals surface area contributed by atoms with Crippen LogP contribution in [0.25, 0.3) is 0 Å². The van der Waals surface area contributed by atoms with Crippen LogP contribution in [0.4, 0.5) is 0 Å². The number of carboxylic acid groups (broad SMARTS) is 1. The monoisotopic (exact) mass is 239 g/mol. The minimum atomic E-state index is -0.848. The maximum atomic E-state index is 11.0. The topological polar surface area (TPSA) is 49.3 Å². The van der Waals surface area contributed by atoms with Crippen molar-refractivity contribution >= 4 is 17.7 Å². The zero-order chi connectivity index (χ0) is 12.0. The molecule has 0 saturated heterocycles. The minimum Gasteiger partial charge on any atom is -0.480 e. The van der Waals surface area contributed by atoms with Crippen LogP contribution in [-0.4, -0.2) is 29.4 Å². The lowest BCUT2D eigenvalue weighted by Gasteiger charge is -2.23. The molecule has 1 rings (SSSR count). The zero-order valence-corrected chi connectivity index (χ0v) is 10.4. The number of likely N-dealkylation sites (N-methyl/N-ethyl adjacent to an activating group) is 1. The lowest BCUT2D eigenvalue weighted by Crippen LogP contribution is -2.49. The number of nitrogens with one attached hydrogen (secondary N) is 1. The highest BCUT2D eigenvalue weighted by atomic mass is 32.2. The van der Waals surface area contributed by atoms with Crippen molar-refractivity contribution in [3.8, 4) is 0 Å². The van der Waals surface area contributed by atoms with Crippen molar-refractivity contribution in [1.82, 2.24) is 5.32 Å². The Morgan fingerprint density at radius 1 is 1.44 bits per heavy atom. The molecular formula is C12H17NO2S. The number of aliphatic carboxylic acids is 1. The van der Waals surface area contributed by atoms with Crippen molar-refractivity contribution in [1.29, 1.82) is 0 Å². The van der Waals surface area contributed by atoms with Crippen LogP contribution in [-0.2, 0) is 10.5 Å². The van der Waals surface area contributed by atoms with Gasteiger partial charge in [-0.1, -0.05) is 30.3 Å². The van der Waals surface area contributed by atoms with Gasteiger partial charge in [0.2, 0.25) is 0 Å². The van der Waals surface area contributed by atoms with Crippen LogP contribution in [0.2, 0.25) is 0 Å². The lowest BCUT2D eigenvalue weighted by molar-refractivity contribution is -0.142. The summed E-state index contributed by atoms with van der Waals surface area (Å²) in [6, 6.07) is 10.0. The van der Waals surface area contributed by atoms with Crippen molar-refractivity contribution in [3.05, 3.63) is 35.9 Å². The summed E-state index contributed by atoms with van der Waals surface area (Å²) >= 11 is 1.62. The van der Waals surface area contributed by atoms with E-state index in [1.165, 1.54) is 5.56 Å². The molecule has 0 bridgehead atoms. The molecule has 0 radical (unpaired) electrons. The molecule has 1 unspecified atom stereocenters. The summed E-state index contributed by atoms with van der Waals surface area (Å²) in [5.41, 5.74) is 0.371. The van der Waals surface area contributed by atoms with Gasteiger partial charge in [-0.05, 0) is 19.5 Å². The van der Waals surface area contributed by atoms with E-state index >= 15 is 0 Å². The molecule has 3 nitrogen and oxygen atoms in total. The molecule has 0 aliphatic heterocycles. The van der Waals surface area contributed by atoms with E-state index < -0.39 is 11.5 Å². The normalized spacial score (nSPS) is 14.4. The van der Waals surface area contributed by atoms with Crippen LogP contribution in [0.15, 0.2) is 30.3 Å². The largest absolute Gasteiger partial charge is 0.480 e. The Morgan fingerprint density at radius 2 is 2.06 bits per heavy atom. The van der Waals surface area contributed by atoms with Crippen molar-refractivity contribution in [2.45, 2.75) is 18.2 Å². The Balaban J connectivity index is 2.43. The SMILES string of the molecule is CNC(C)(CSCc1ccccc1)C(=O)O. The molecule has 0 aromatic heterocycles. The van der Waals surface area contributed by atoms with Crippen molar-refractivity contribution in [3.63, 3.8) is 0 Å². The molecule has 0 amide bonds. The Morgan fingerprint density at radius 3 is 2.56 bits per heavy atom. The summed E-state index contributed by atoms with van der Waals surface area (Å²) in [5.74, 6) is 0.578. The maximum absolute atomic E-state index is 11.0. The summed E-state index contributed by atoms with van der Waals surface area (Å²) in [6.45, 7) is 1.70. The lowest BCUT2D eigenvalue weighted by atomic mass is 10.1. The van der Waals surface area contributed by atoms with Gasteiger partial charge in [0, 0.05) is 11.5 Å². The third-order valence-electron chi connectivity index (χ3n) is 2.53. The molecule has 88 valence electrons. The van der Waals surface area contributed by atoms with Crippen LogP contribution < -0.4 is 5.32 Å². The van der Waals surface area contributed by atoms with Crippen LogP contribution >= 0.6 is 11.8 Å². The fourth-order valence-corrected chi connectivity index (χ4v) is 2.39. The predicted molar refractivity (Wildman–Crippen MR) is 67.7 cm³/mol. The van der Waals surface area contributed by atoms with Gasteiger partial charge in [-0.15, -0.1) is 0 Å². The number of thioether (sulfide) groups is 1. The molecule has 0 spiro atoms. The van der Waals surface area contributed by atoms with E-state index in [1.54, 1.807) is 25.7 Å². The third-order valence-corrected chi connectivity index (χ3v) is 3.85. The first kappa shape index (κ1) is 13.1. The number of hydrogen-bond donors (Lipinski definition) is 2. The van der Waals surface area contributed by atoms with Crippen LogP contribution in [0, 0.1) is 0 Å². The van der Waals surface area contributed by atoms with Crippen molar-refractivity contribution < 1.29 is 9.90 Å². The number of carbonyl (C=O) groups is 1. The van der Waals surface area contributed by atoms with Crippen LogP contribution in [0.1, 0.15) is 12.5 Å². The van der Waals surface area contributed by atoms with Gasteiger partial charge in [0.1, 0.15) is 5.54 Å². The molecule has 0 fully saturated rings. The highest BCUT2D eigenvalue weighted by Crippen LogP contribution is 2.18. The van der Waals surface area contributed by atoms with Crippen molar-refractivity contribution in [2.24, 2.45) is 0 Å². The molecule has 1 aromatic rings. The molecule has 0 heterocycles. The van der Waals surface area contributed by atoms with E-state index in [2.05, 4.69) is 5.32 Å². The number of hydrogen-bond acceptors (Lipinski definition) is 3. The fraction of sp³-hybridized carbons (Fsp3) is 0.417. The van der Waals surface area contributed by atoms with E-state index in [4.69, 9.17) is 5.11 Å². The first-order valence-electron chi connectivity index (χ1n) is 5.12. The first-order chi connectivity index (χ1) is 7.58. The van der Waals surface area contributed by atoms with Crippen molar-refractivity contribution in [2.75, 3.05) is 12.8 Å². The smallest absolute Gasteiger partial charge is 0.324 e. The first-order valence-corrected chi connectivity index (χ1v) is 6.28. The summed E-state index contributed by atoms with van der Waals surface area (Å²) in [6.07, 6.45) is 0. The van der Waals surface area contributed by atoms with Gasteiger partial charge in [-0.3, -0.25) is 4.79 Å². The summed E-state index contributed by atoms with van der Waals surface area (Å²) in [5, 5.41) is 11.9. The van der Waals surface area contributed by atoms with Gasteiger partial charge in [0.15, 0.2) is 0 Å². The highest BCUT2D eigenvalue weighted by molar-refractivity contribution is 7.98. The van der Waals surface area contributed by atoms with Gasteiger partial charge in [0.05, 0.1) is 0 Å². The average molecular weight is 239 g/mol. The second kappa shape index (κ2) is 5.92. The van der Waals surface area contributed by atoms with E-state index in [0.29, 0.717) is 5.75 Å². The predicted octanol–water partition coefficient (Wildman–Crippen LogP) is 1.98. The van der Waals surface area contributed by atoms with Gasteiger partial charge >= 0.3 is 5.97 Å². The third kappa shape index (κ3) is 3.54. The zero-order valence-electron chi connectivity index (χ0n) is 9.56.